The van der Waals surface area contributed by atoms with Crippen molar-refractivity contribution in [2.75, 3.05) is 0 Å². The van der Waals surface area contributed by atoms with Crippen molar-refractivity contribution in [3.8, 4) is 11.3 Å². The van der Waals surface area contributed by atoms with Crippen LogP contribution >= 0.6 is 0 Å². The quantitative estimate of drug-likeness (QED) is 0.748. The van der Waals surface area contributed by atoms with Gasteiger partial charge in [-0.25, -0.2) is 4.79 Å². The van der Waals surface area contributed by atoms with Gasteiger partial charge in [0.15, 0.2) is 0 Å². The Bertz CT molecular complexity index is 968. The van der Waals surface area contributed by atoms with Gasteiger partial charge in [0.05, 0.1) is 11.3 Å². The third-order valence-corrected chi connectivity index (χ3v) is 4.23. The van der Waals surface area contributed by atoms with Crippen molar-refractivity contribution in [2.45, 2.75) is 12.3 Å². The van der Waals surface area contributed by atoms with Gasteiger partial charge < -0.3 is 9.52 Å². The van der Waals surface area contributed by atoms with E-state index in [1.54, 1.807) is 30.3 Å². The number of aliphatic carboxylic acids is 1. The molecule has 0 saturated heterocycles. The lowest BCUT2D eigenvalue weighted by Gasteiger charge is -2.24. The molecule has 4 nitrogen and oxygen atoms in total. The molecule has 2 aromatic carbocycles. The number of benzene rings is 2. The van der Waals surface area contributed by atoms with Crippen LogP contribution in [0.4, 0.5) is 0 Å². The highest BCUT2D eigenvalue weighted by Gasteiger charge is 2.32. The molecule has 0 amide bonds. The van der Waals surface area contributed by atoms with Gasteiger partial charge >= 0.3 is 11.6 Å². The summed E-state index contributed by atoms with van der Waals surface area (Å²) in [5.41, 5.74) is 1.79. The topological polar surface area (TPSA) is 67.5 Å². The molecule has 4 rings (SSSR count). The Labute approximate surface area is 125 Å². The minimum Gasteiger partial charge on any atom is -0.481 e. The van der Waals surface area contributed by atoms with Gasteiger partial charge in [-0.2, -0.15) is 0 Å². The van der Waals surface area contributed by atoms with Crippen molar-refractivity contribution in [3.63, 3.8) is 0 Å². The van der Waals surface area contributed by atoms with Crippen molar-refractivity contribution < 1.29 is 14.3 Å². The van der Waals surface area contributed by atoms with Gasteiger partial charge in [0.1, 0.15) is 5.76 Å². The molecule has 0 radical (unpaired) electrons. The molecule has 108 valence electrons. The van der Waals surface area contributed by atoms with Crippen LogP contribution in [0.1, 0.15) is 17.0 Å². The Hall–Kier alpha value is -2.88. The first-order valence-electron chi connectivity index (χ1n) is 7.03. The molecule has 4 heteroatoms. The van der Waals surface area contributed by atoms with E-state index >= 15 is 0 Å². The second-order valence-electron chi connectivity index (χ2n) is 5.42. The first kappa shape index (κ1) is 12.8. The minimum atomic E-state index is -0.867. The number of hydrogen-bond donors (Lipinski definition) is 1. The zero-order valence-electron chi connectivity index (χ0n) is 11.6. The summed E-state index contributed by atoms with van der Waals surface area (Å²) in [5, 5.41) is 10.8. The largest absolute Gasteiger partial charge is 0.481 e. The number of carbonyl (C=O) groups is 1. The number of hydrogen-bond acceptors (Lipinski definition) is 3. The summed E-state index contributed by atoms with van der Waals surface area (Å²) < 4.78 is 5.52. The highest BCUT2D eigenvalue weighted by Crippen LogP contribution is 2.41. The molecular weight excluding hydrogens is 280 g/mol. The summed E-state index contributed by atoms with van der Waals surface area (Å²) in [7, 11) is 0. The van der Waals surface area contributed by atoms with Crippen molar-refractivity contribution in [1.29, 1.82) is 0 Å². The fourth-order valence-corrected chi connectivity index (χ4v) is 3.22. The lowest BCUT2D eigenvalue weighted by Crippen LogP contribution is -2.21. The van der Waals surface area contributed by atoms with E-state index in [1.807, 2.05) is 18.2 Å². The smallest absolute Gasteiger partial charge is 0.344 e. The van der Waals surface area contributed by atoms with Gasteiger partial charge in [-0.05, 0) is 23.4 Å². The standard InChI is InChI=1S/C18H12O4/c19-17(20)15-9-14-11-6-2-4-8-13(11)18(21)22-16(14)12-7-3-1-5-10(12)15/h1-8,15H,9H2,(H,19,20). The molecule has 0 spiro atoms. The second kappa shape index (κ2) is 4.56. The van der Waals surface area contributed by atoms with Crippen LogP contribution in [0.25, 0.3) is 22.1 Å². The van der Waals surface area contributed by atoms with E-state index in [1.165, 1.54) is 0 Å². The molecule has 1 aliphatic carbocycles. The molecule has 1 aromatic heterocycles. The van der Waals surface area contributed by atoms with Crippen LogP contribution in [-0.4, -0.2) is 11.1 Å². The van der Waals surface area contributed by atoms with E-state index in [4.69, 9.17) is 4.42 Å². The van der Waals surface area contributed by atoms with E-state index < -0.39 is 17.5 Å². The molecule has 0 bridgehead atoms. The number of fused-ring (bicyclic) bond motifs is 5. The first-order chi connectivity index (χ1) is 10.7. The SMILES string of the molecule is O=C(O)C1Cc2c(oc(=O)c3ccccc23)-c2ccccc21. The molecule has 1 N–H and O–H groups in total. The average molecular weight is 292 g/mol. The molecule has 1 atom stereocenters. The van der Waals surface area contributed by atoms with Gasteiger partial charge in [0, 0.05) is 11.1 Å². The average Bonchev–Trinajstić information content (AvgIpc) is 2.54. The van der Waals surface area contributed by atoms with Crippen LogP contribution in [0.2, 0.25) is 0 Å². The summed E-state index contributed by atoms with van der Waals surface area (Å²) in [4.78, 5) is 23.8. The molecule has 3 aromatic rings. The number of carboxylic acid groups (broad SMARTS) is 1. The highest BCUT2D eigenvalue weighted by atomic mass is 16.4. The Kier molecular flexibility index (Phi) is 2.66. The van der Waals surface area contributed by atoms with Crippen LogP contribution in [0.15, 0.2) is 57.7 Å². The number of rotatable bonds is 1. The molecule has 1 unspecified atom stereocenters. The van der Waals surface area contributed by atoms with Crippen molar-refractivity contribution in [3.05, 3.63) is 70.1 Å². The van der Waals surface area contributed by atoms with Crippen molar-refractivity contribution in [1.82, 2.24) is 0 Å². The lowest BCUT2D eigenvalue weighted by molar-refractivity contribution is -0.138. The maximum atomic E-state index is 12.2. The van der Waals surface area contributed by atoms with Crippen LogP contribution in [0.5, 0.6) is 0 Å². The first-order valence-corrected chi connectivity index (χ1v) is 7.03. The van der Waals surface area contributed by atoms with E-state index in [9.17, 15) is 14.7 Å². The molecule has 0 saturated carbocycles. The fraction of sp³-hybridized carbons (Fsp3) is 0.111. The maximum absolute atomic E-state index is 12.2. The van der Waals surface area contributed by atoms with Crippen molar-refractivity contribution in [2.24, 2.45) is 0 Å². The summed E-state index contributed by atoms with van der Waals surface area (Å²) in [6.07, 6.45) is 0.325. The minimum absolute atomic E-state index is 0.325. The zero-order valence-corrected chi connectivity index (χ0v) is 11.6. The Morgan fingerprint density at radius 3 is 2.50 bits per heavy atom. The normalized spacial score (nSPS) is 16.1. The Morgan fingerprint density at radius 1 is 1.05 bits per heavy atom. The molecular formula is C18H12O4. The van der Waals surface area contributed by atoms with Gasteiger partial charge in [-0.15, -0.1) is 0 Å². The van der Waals surface area contributed by atoms with E-state index in [0.29, 0.717) is 28.7 Å². The Balaban J connectivity index is 2.13. The van der Waals surface area contributed by atoms with E-state index in [0.717, 1.165) is 10.9 Å². The lowest BCUT2D eigenvalue weighted by atomic mass is 9.80. The molecule has 1 heterocycles. The number of carboxylic acids is 1. The predicted molar refractivity (Wildman–Crippen MR) is 82.0 cm³/mol. The monoisotopic (exact) mass is 292 g/mol. The van der Waals surface area contributed by atoms with Crippen LogP contribution in [-0.2, 0) is 11.2 Å². The Morgan fingerprint density at radius 2 is 1.73 bits per heavy atom. The van der Waals surface area contributed by atoms with Crippen LogP contribution in [0.3, 0.4) is 0 Å². The summed E-state index contributed by atoms with van der Waals surface area (Å²) in [6, 6.07) is 14.4. The third-order valence-electron chi connectivity index (χ3n) is 4.23. The molecule has 1 aliphatic rings. The summed E-state index contributed by atoms with van der Waals surface area (Å²) in [6.45, 7) is 0. The maximum Gasteiger partial charge on any atom is 0.344 e. The van der Waals surface area contributed by atoms with Crippen LogP contribution < -0.4 is 5.63 Å². The van der Waals surface area contributed by atoms with E-state index in [-0.39, 0.29) is 0 Å². The van der Waals surface area contributed by atoms with Gasteiger partial charge in [-0.1, -0.05) is 42.5 Å². The predicted octanol–water partition coefficient (Wildman–Crippen LogP) is 3.18. The molecule has 0 fully saturated rings. The summed E-state index contributed by atoms with van der Waals surface area (Å²) in [5.74, 6) is -0.995. The third kappa shape index (κ3) is 1.70. The summed E-state index contributed by atoms with van der Waals surface area (Å²) >= 11 is 0. The fourth-order valence-electron chi connectivity index (χ4n) is 3.22. The highest BCUT2D eigenvalue weighted by molar-refractivity contribution is 5.93. The molecule has 22 heavy (non-hydrogen) atoms. The second-order valence-corrected chi connectivity index (χ2v) is 5.42. The van der Waals surface area contributed by atoms with Crippen LogP contribution in [0, 0.1) is 0 Å². The zero-order chi connectivity index (χ0) is 15.3. The molecule has 0 aliphatic heterocycles. The van der Waals surface area contributed by atoms with E-state index in [2.05, 4.69) is 0 Å². The van der Waals surface area contributed by atoms with Gasteiger partial charge in [0.25, 0.3) is 0 Å². The van der Waals surface area contributed by atoms with Gasteiger partial charge in [0.2, 0.25) is 0 Å². The van der Waals surface area contributed by atoms with Gasteiger partial charge in [-0.3, -0.25) is 4.79 Å². The van der Waals surface area contributed by atoms with Crippen molar-refractivity contribution >= 4 is 16.7 Å².